The highest BCUT2D eigenvalue weighted by Crippen LogP contribution is 2.16. The van der Waals surface area contributed by atoms with Gasteiger partial charge in [-0.2, -0.15) is 0 Å². The fourth-order valence-electron chi connectivity index (χ4n) is 1.36. The molecule has 2 aromatic heterocycles. The summed E-state index contributed by atoms with van der Waals surface area (Å²) in [6, 6.07) is 3.85. The lowest BCUT2D eigenvalue weighted by molar-refractivity contribution is 0.397. The van der Waals surface area contributed by atoms with Gasteiger partial charge in [0.05, 0.1) is 12.8 Å². The Kier molecular flexibility index (Phi) is 3.93. The number of nitrogens with one attached hydrogen (secondary N) is 1. The molecule has 5 heteroatoms. The highest BCUT2D eigenvalue weighted by molar-refractivity contribution is 7.13. The van der Waals surface area contributed by atoms with Crippen molar-refractivity contribution >= 4 is 16.5 Å². The third-order valence-corrected chi connectivity index (χ3v) is 3.21. The molecule has 0 bridgehead atoms. The number of thiazole rings is 1. The topological polar surface area (TPSA) is 47.0 Å². The van der Waals surface area contributed by atoms with Crippen LogP contribution in [-0.2, 0) is 13.0 Å². The minimum absolute atomic E-state index is 0.635. The zero-order chi connectivity index (χ0) is 12.1. The van der Waals surface area contributed by atoms with E-state index < -0.39 is 0 Å². The molecule has 90 valence electrons. The number of anilines is 1. The molecule has 1 N–H and O–H groups in total. The molecule has 0 aliphatic rings. The molecule has 2 heterocycles. The van der Waals surface area contributed by atoms with E-state index in [9.17, 15) is 0 Å². The molecule has 0 fully saturated rings. The maximum atomic E-state index is 5.01. The Hall–Kier alpha value is -1.62. The lowest BCUT2D eigenvalue weighted by Crippen LogP contribution is -2.00. The van der Waals surface area contributed by atoms with Crippen molar-refractivity contribution in [1.82, 2.24) is 9.97 Å². The van der Waals surface area contributed by atoms with Gasteiger partial charge in [0.1, 0.15) is 0 Å². The van der Waals surface area contributed by atoms with Crippen LogP contribution in [0, 0.1) is 0 Å². The molecule has 4 nitrogen and oxygen atoms in total. The Labute approximate surface area is 105 Å². The first-order chi connectivity index (χ1) is 8.31. The lowest BCUT2D eigenvalue weighted by Gasteiger charge is -2.03. The first-order valence-corrected chi connectivity index (χ1v) is 6.37. The third-order valence-electron chi connectivity index (χ3n) is 2.36. The number of ether oxygens (including phenoxy) is 1. The molecule has 0 aliphatic carbocycles. The van der Waals surface area contributed by atoms with Gasteiger partial charge in [0.15, 0.2) is 5.13 Å². The van der Waals surface area contributed by atoms with Crippen LogP contribution in [0.1, 0.15) is 18.2 Å². The van der Waals surface area contributed by atoms with Crippen LogP contribution in [0.2, 0.25) is 0 Å². The average Bonchev–Trinajstić information content (AvgIpc) is 2.85. The summed E-state index contributed by atoms with van der Waals surface area (Å²) in [7, 11) is 1.61. The number of hydrogen-bond donors (Lipinski definition) is 1. The van der Waals surface area contributed by atoms with Crippen molar-refractivity contribution in [3.8, 4) is 5.88 Å². The summed E-state index contributed by atoms with van der Waals surface area (Å²) in [5.74, 6) is 0.635. The number of hydrogen-bond acceptors (Lipinski definition) is 5. The number of aromatic nitrogens is 2. The number of nitrogens with zero attached hydrogens (tertiary/aromatic N) is 2. The molecular weight excluding hydrogens is 234 g/mol. The smallest absolute Gasteiger partial charge is 0.212 e. The summed E-state index contributed by atoms with van der Waals surface area (Å²) >= 11 is 1.63. The summed E-state index contributed by atoms with van der Waals surface area (Å²) in [6.45, 7) is 2.83. The van der Waals surface area contributed by atoms with Crippen molar-refractivity contribution in [2.45, 2.75) is 19.9 Å². The largest absolute Gasteiger partial charge is 0.481 e. The van der Waals surface area contributed by atoms with Crippen LogP contribution in [0.25, 0.3) is 0 Å². The normalized spacial score (nSPS) is 10.2. The van der Waals surface area contributed by atoms with E-state index in [0.29, 0.717) is 5.88 Å². The van der Waals surface area contributed by atoms with Crippen LogP contribution in [0.15, 0.2) is 23.7 Å². The Bertz CT molecular complexity index is 467. The Morgan fingerprint density at radius 2 is 2.29 bits per heavy atom. The van der Waals surface area contributed by atoms with E-state index >= 15 is 0 Å². The van der Waals surface area contributed by atoms with Crippen molar-refractivity contribution in [3.63, 3.8) is 0 Å². The quantitative estimate of drug-likeness (QED) is 0.885. The first kappa shape index (κ1) is 11.9. The Balaban J connectivity index is 1.92. The third kappa shape index (κ3) is 3.17. The maximum absolute atomic E-state index is 5.01. The van der Waals surface area contributed by atoms with Gasteiger partial charge in [-0.25, -0.2) is 9.97 Å². The van der Waals surface area contributed by atoms with Gasteiger partial charge in [0.25, 0.3) is 0 Å². The zero-order valence-electron chi connectivity index (χ0n) is 9.93. The van der Waals surface area contributed by atoms with Crippen LogP contribution >= 0.6 is 11.3 Å². The molecule has 0 radical (unpaired) electrons. The molecule has 0 aliphatic heterocycles. The minimum atomic E-state index is 0.635. The minimum Gasteiger partial charge on any atom is -0.481 e. The van der Waals surface area contributed by atoms with Crippen LogP contribution in [0.5, 0.6) is 5.88 Å². The van der Waals surface area contributed by atoms with Gasteiger partial charge in [-0.15, -0.1) is 11.3 Å². The number of methoxy groups -OCH3 is 1. The van der Waals surface area contributed by atoms with E-state index in [2.05, 4.69) is 27.6 Å². The van der Waals surface area contributed by atoms with Crippen molar-refractivity contribution < 1.29 is 4.74 Å². The van der Waals surface area contributed by atoms with E-state index in [1.54, 1.807) is 24.6 Å². The number of rotatable bonds is 5. The fourth-order valence-corrected chi connectivity index (χ4v) is 2.16. The molecule has 17 heavy (non-hydrogen) atoms. The zero-order valence-corrected chi connectivity index (χ0v) is 10.8. The van der Waals surface area contributed by atoms with E-state index in [-0.39, 0.29) is 0 Å². The maximum Gasteiger partial charge on any atom is 0.212 e. The summed E-state index contributed by atoms with van der Waals surface area (Å²) in [6.07, 6.45) is 2.78. The summed E-state index contributed by atoms with van der Waals surface area (Å²) in [5.41, 5.74) is 2.24. The summed E-state index contributed by atoms with van der Waals surface area (Å²) in [5, 5.41) is 6.31. The van der Waals surface area contributed by atoms with Gasteiger partial charge in [0, 0.05) is 24.2 Å². The van der Waals surface area contributed by atoms with Crippen molar-refractivity contribution in [2.75, 3.05) is 12.4 Å². The lowest BCUT2D eigenvalue weighted by atomic mass is 10.3. The van der Waals surface area contributed by atoms with Crippen LogP contribution in [0.4, 0.5) is 5.13 Å². The van der Waals surface area contributed by atoms with Crippen LogP contribution < -0.4 is 10.1 Å². The van der Waals surface area contributed by atoms with Crippen molar-refractivity contribution in [2.24, 2.45) is 0 Å². The molecular formula is C12H15N3OS. The Morgan fingerprint density at radius 3 is 2.88 bits per heavy atom. The van der Waals surface area contributed by atoms with Crippen molar-refractivity contribution in [1.29, 1.82) is 0 Å². The van der Waals surface area contributed by atoms with Gasteiger partial charge in [-0.1, -0.05) is 13.0 Å². The van der Waals surface area contributed by atoms with E-state index in [0.717, 1.165) is 29.4 Å². The molecule has 2 aromatic rings. The molecule has 0 saturated carbocycles. The van der Waals surface area contributed by atoms with Gasteiger partial charge >= 0.3 is 0 Å². The number of aryl methyl sites for hydroxylation is 1. The highest BCUT2D eigenvalue weighted by Gasteiger charge is 2.00. The number of pyridine rings is 1. The molecule has 0 spiro atoms. The van der Waals surface area contributed by atoms with E-state index in [4.69, 9.17) is 4.74 Å². The van der Waals surface area contributed by atoms with Gasteiger partial charge in [0.2, 0.25) is 5.88 Å². The fraction of sp³-hybridized carbons (Fsp3) is 0.333. The summed E-state index contributed by atoms with van der Waals surface area (Å²) in [4.78, 5) is 8.59. The van der Waals surface area contributed by atoms with Crippen LogP contribution in [-0.4, -0.2) is 17.1 Å². The van der Waals surface area contributed by atoms with E-state index in [1.807, 2.05) is 12.1 Å². The first-order valence-electron chi connectivity index (χ1n) is 5.49. The molecule has 0 aromatic carbocycles. The molecule has 2 rings (SSSR count). The van der Waals surface area contributed by atoms with Gasteiger partial charge < -0.3 is 10.1 Å². The molecule has 0 atom stereocenters. The SMILES string of the molecule is CCc1csc(NCc2ccc(OC)nc2)n1. The second-order valence-corrected chi connectivity index (χ2v) is 4.42. The predicted octanol–water partition coefficient (Wildman–Crippen LogP) is 2.72. The monoisotopic (exact) mass is 249 g/mol. The standard InChI is InChI=1S/C12H15N3OS/c1-3-10-8-17-12(15-10)14-7-9-4-5-11(16-2)13-6-9/h4-6,8H,3,7H2,1-2H3,(H,14,15). The molecule has 0 amide bonds. The van der Waals surface area contributed by atoms with Gasteiger partial charge in [-0.05, 0) is 12.0 Å². The predicted molar refractivity (Wildman–Crippen MR) is 69.6 cm³/mol. The summed E-state index contributed by atoms with van der Waals surface area (Å²) < 4.78 is 5.01. The second kappa shape index (κ2) is 5.63. The molecule has 0 unspecified atom stereocenters. The average molecular weight is 249 g/mol. The van der Waals surface area contributed by atoms with E-state index in [1.165, 1.54) is 0 Å². The van der Waals surface area contributed by atoms with Gasteiger partial charge in [-0.3, -0.25) is 0 Å². The van der Waals surface area contributed by atoms with Crippen molar-refractivity contribution in [3.05, 3.63) is 35.0 Å². The highest BCUT2D eigenvalue weighted by atomic mass is 32.1. The Morgan fingerprint density at radius 1 is 1.41 bits per heavy atom. The second-order valence-electron chi connectivity index (χ2n) is 3.56. The molecule has 0 saturated heterocycles. The van der Waals surface area contributed by atoms with Crippen LogP contribution in [0.3, 0.4) is 0 Å².